The molecule has 268 valence electrons. The van der Waals surface area contributed by atoms with Gasteiger partial charge in [-0.3, -0.25) is 19.2 Å². The Morgan fingerprint density at radius 2 is 1.41 bits per heavy atom. The first-order valence-corrected chi connectivity index (χ1v) is 16.1. The molecule has 3 heterocycles. The van der Waals surface area contributed by atoms with E-state index in [9.17, 15) is 54.9 Å². The maximum atomic E-state index is 13.9. The van der Waals surface area contributed by atoms with Gasteiger partial charge in [0, 0.05) is 47.8 Å². The van der Waals surface area contributed by atoms with Gasteiger partial charge in [-0.05, 0) is 13.8 Å². The van der Waals surface area contributed by atoms with Crippen LogP contribution in [0.1, 0.15) is 78.2 Å². The van der Waals surface area contributed by atoms with Crippen molar-refractivity contribution in [3.05, 3.63) is 57.8 Å². The summed E-state index contributed by atoms with van der Waals surface area (Å²) in [5.74, 6) is -11.9. The predicted octanol–water partition coefficient (Wildman–Crippen LogP) is 0.819. The van der Waals surface area contributed by atoms with Gasteiger partial charge in [0.05, 0.1) is 59.3 Å². The minimum absolute atomic E-state index is 0.113. The Morgan fingerprint density at radius 3 is 2.00 bits per heavy atom. The Balaban J connectivity index is 1.82. The summed E-state index contributed by atoms with van der Waals surface area (Å²) in [6, 6.07) is 0. The summed E-state index contributed by atoms with van der Waals surface area (Å²) in [4.78, 5) is 53.9. The first-order chi connectivity index (χ1) is 22.8. The maximum absolute atomic E-state index is 13.9. The first-order valence-electron chi connectivity index (χ1n) is 16.1. The number of aliphatic hydroxyl groups is 6. The zero-order chi connectivity index (χ0) is 36.9. The van der Waals surface area contributed by atoms with E-state index in [2.05, 4.69) is 5.32 Å². The summed E-state index contributed by atoms with van der Waals surface area (Å²) in [5, 5.41) is 79.1. The van der Waals surface area contributed by atoms with Crippen LogP contribution in [0.3, 0.4) is 0 Å². The standard InChI is InChI=1S/C35H45NO13/c1-13-9-8-10-14(2)33(46)36-20-11-21(38)22-23(30(20)44)29(43)18(6)31-24(22)32(45)35(7,48-31)49-34(47)19(12-37)28(42)17(5)27(41)16(4)26(40)15(3)25(13)39/h8-11,13,15-17,19,25-28,34,37,39-43,47H,12H2,1-7H3,(H,36,46)/b9-8+,14-10-/t13-,15+,16+,17-,19+,25-,26+,27-,28+,34?,35+/m0/s1. The fraction of sp³-hybridized carbons (Fsp3) is 0.543. The number of phenolic OH excluding ortho intramolecular Hbond substituents is 1. The topological polar surface area (TPSA) is 240 Å². The molecule has 11 atom stereocenters. The number of allylic oxidation sites excluding steroid dienone is 4. The molecule has 1 aromatic carbocycles. The quantitative estimate of drug-likeness (QED) is 0.204. The Morgan fingerprint density at radius 1 is 0.837 bits per heavy atom. The number of ketones is 3. The molecule has 0 aromatic heterocycles. The molecular formula is C35H45NO13. The average molecular weight is 688 g/mol. The molecule has 8 N–H and O–H groups in total. The van der Waals surface area contributed by atoms with Gasteiger partial charge in [0.25, 0.3) is 11.7 Å². The highest BCUT2D eigenvalue weighted by Gasteiger charge is 2.53. The number of Topliss-reactive ketones (excluding diaryl/α,β-unsaturated/α-hetero) is 2. The van der Waals surface area contributed by atoms with Crippen LogP contribution in [0.25, 0.3) is 0 Å². The van der Waals surface area contributed by atoms with Crippen LogP contribution in [0.2, 0.25) is 0 Å². The van der Waals surface area contributed by atoms with E-state index in [1.807, 2.05) is 0 Å². The number of nitrogens with one attached hydrogen (secondary N) is 1. The molecule has 1 aliphatic carbocycles. The molecule has 14 heteroatoms. The molecule has 0 saturated carbocycles. The molecule has 1 amide bonds. The molecule has 1 unspecified atom stereocenters. The number of aromatic hydroxyl groups is 1. The largest absolute Gasteiger partial charge is 0.507 e. The van der Waals surface area contributed by atoms with Crippen LogP contribution in [0.4, 0.5) is 0 Å². The van der Waals surface area contributed by atoms with E-state index in [1.165, 1.54) is 39.8 Å². The maximum Gasteiger partial charge on any atom is 0.274 e. The van der Waals surface area contributed by atoms with Crippen molar-refractivity contribution in [2.24, 2.45) is 29.6 Å². The molecule has 0 saturated heterocycles. The van der Waals surface area contributed by atoms with Gasteiger partial charge in [-0.1, -0.05) is 45.9 Å². The minimum Gasteiger partial charge on any atom is -0.507 e. The van der Waals surface area contributed by atoms with Gasteiger partial charge in [0.1, 0.15) is 11.5 Å². The number of ether oxygens (including phenoxy) is 2. The van der Waals surface area contributed by atoms with Crippen molar-refractivity contribution >= 4 is 23.3 Å². The SMILES string of the molecule is C/C1=C/C=C/[C@H](C)[C@H](O)[C@@H](C)[C@@H](O)[C@@H](C)[C@H](O)[C@H](C)[C@@H](O)[C@@H](CO)C(O)O[C@@]2(C)Oc3c(C)c(O)c4c(c3C2=O)C(=O)C=C(NC1=O)C4=O. The highest BCUT2D eigenvalue weighted by Crippen LogP contribution is 2.48. The summed E-state index contributed by atoms with van der Waals surface area (Å²) < 4.78 is 11.4. The van der Waals surface area contributed by atoms with Gasteiger partial charge in [-0.2, -0.15) is 0 Å². The zero-order valence-corrected chi connectivity index (χ0v) is 28.4. The number of benzene rings is 1. The van der Waals surface area contributed by atoms with Crippen molar-refractivity contribution in [1.29, 1.82) is 0 Å². The molecule has 0 radical (unpaired) electrons. The van der Waals surface area contributed by atoms with Gasteiger partial charge >= 0.3 is 0 Å². The zero-order valence-electron chi connectivity index (χ0n) is 28.4. The lowest BCUT2D eigenvalue weighted by atomic mass is 9.77. The van der Waals surface area contributed by atoms with Crippen molar-refractivity contribution in [3.63, 3.8) is 0 Å². The van der Waals surface area contributed by atoms with E-state index in [4.69, 9.17) is 9.47 Å². The van der Waals surface area contributed by atoms with Crippen LogP contribution in [0, 0.1) is 36.5 Å². The molecule has 4 aliphatic rings. The number of rotatable bonds is 1. The third kappa shape index (κ3) is 6.74. The van der Waals surface area contributed by atoms with Gasteiger partial charge in [0.2, 0.25) is 11.6 Å². The highest BCUT2D eigenvalue weighted by molar-refractivity contribution is 6.30. The van der Waals surface area contributed by atoms with Crippen LogP contribution < -0.4 is 10.1 Å². The molecule has 5 bridgehead atoms. The number of amides is 1. The normalized spacial score (nSPS) is 38.0. The average Bonchev–Trinajstić information content (AvgIpc) is 3.31. The van der Waals surface area contributed by atoms with Crippen LogP contribution in [0.15, 0.2) is 35.6 Å². The third-order valence-corrected chi connectivity index (χ3v) is 10.1. The monoisotopic (exact) mass is 687 g/mol. The predicted molar refractivity (Wildman–Crippen MR) is 172 cm³/mol. The van der Waals surface area contributed by atoms with Crippen molar-refractivity contribution < 1.29 is 64.4 Å². The van der Waals surface area contributed by atoms with Crippen molar-refractivity contribution in [2.45, 2.75) is 85.0 Å². The number of phenols is 1. The Bertz CT molecular complexity index is 1630. The van der Waals surface area contributed by atoms with E-state index in [0.717, 1.165) is 13.0 Å². The molecule has 1 aromatic rings. The van der Waals surface area contributed by atoms with E-state index < -0.39 is 124 Å². The lowest BCUT2D eigenvalue weighted by Crippen LogP contribution is -2.51. The lowest BCUT2D eigenvalue weighted by Gasteiger charge is -2.38. The second-order valence-electron chi connectivity index (χ2n) is 13.5. The number of hydrogen-bond acceptors (Lipinski definition) is 13. The Hall–Kier alpha value is -3.76. The number of hydrogen-bond donors (Lipinski definition) is 8. The second-order valence-corrected chi connectivity index (χ2v) is 13.5. The van der Waals surface area contributed by atoms with Crippen LogP contribution in [0.5, 0.6) is 11.5 Å². The van der Waals surface area contributed by atoms with Crippen LogP contribution in [-0.4, -0.2) is 102 Å². The highest BCUT2D eigenvalue weighted by atomic mass is 16.8. The molecular weight excluding hydrogens is 642 g/mol. The summed E-state index contributed by atoms with van der Waals surface area (Å²) in [6.07, 6.45) is -2.25. The number of carbonyl (C=O) groups is 4. The summed E-state index contributed by atoms with van der Waals surface area (Å²) in [7, 11) is 0. The second kappa shape index (κ2) is 14.2. The minimum atomic E-state index is -2.38. The van der Waals surface area contributed by atoms with Gasteiger partial charge in [-0.15, -0.1) is 0 Å². The van der Waals surface area contributed by atoms with Crippen LogP contribution in [-0.2, 0) is 9.53 Å². The molecule has 49 heavy (non-hydrogen) atoms. The van der Waals surface area contributed by atoms with Gasteiger partial charge in [0.15, 0.2) is 12.1 Å². The number of fused-ring (bicyclic) bond motifs is 15. The molecule has 0 fully saturated rings. The van der Waals surface area contributed by atoms with Gasteiger partial charge < -0.3 is 50.5 Å². The molecule has 3 aliphatic heterocycles. The van der Waals surface area contributed by atoms with Crippen molar-refractivity contribution in [2.75, 3.05) is 6.61 Å². The molecule has 14 nitrogen and oxygen atoms in total. The molecule has 0 spiro atoms. The summed E-state index contributed by atoms with van der Waals surface area (Å²) >= 11 is 0. The Labute approximate surface area is 283 Å². The third-order valence-electron chi connectivity index (χ3n) is 10.1. The van der Waals surface area contributed by atoms with Crippen molar-refractivity contribution in [3.8, 4) is 11.5 Å². The van der Waals surface area contributed by atoms with E-state index in [-0.39, 0.29) is 16.9 Å². The van der Waals surface area contributed by atoms with Crippen molar-refractivity contribution in [1.82, 2.24) is 5.32 Å². The molecule has 5 rings (SSSR count). The first kappa shape index (κ1) is 38.0. The fourth-order valence-electron chi connectivity index (χ4n) is 6.60. The van der Waals surface area contributed by atoms with Gasteiger partial charge in [-0.25, -0.2) is 0 Å². The number of aliphatic hydroxyl groups excluding tert-OH is 6. The van der Waals surface area contributed by atoms with E-state index in [0.29, 0.717) is 0 Å². The summed E-state index contributed by atoms with van der Waals surface area (Å²) in [5.41, 5.74) is -1.91. The lowest BCUT2D eigenvalue weighted by molar-refractivity contribution is -0.261. The van der Waals surface area contributed by atoms with E-state index in [1.54, 1.807) is 19.9 Å². The van der Waals surface area contributed by atoms with Crippen LogP contribution >= 0.6 is 0 Å². The number of carbonyl (C=O) groups excluding carboxylic acids is 4. The smallest absolute Gasteiger partial charge is 0.274 e. The van der Waals surface area contributed by atoms with E-state index >= 15 is 0 Å². The summed E-state index contributed by atoms with van der Waals surface area (Å²) in [6.45, 7) is 9.19. The Kier molecular flexibility index (Phi) is 11.1. The fourth-order valence-corrected chi connectivity index (χ4v) is 6.60.